The summed E-state index contributed by atoms with van der Waals surface area (Å²) in [6.45, 7) is 1.25. The predicted molar refractivity (Wildman–Crippen MR) is 84.3 cm³/mol. The van der Waals surface area contributed by atoms with Crippen LogP contribution in [0.2, 0.25) is 5.02 Å². The predicted octanol–water partition coefficient (Wildman–Crippen LogP) is 3.11. The van der Waals surface area contributed by atoms with Crippen molar-refractivity contribution >= 4 is 29.5 Å². The van der Waals surface area contributed by atoms with Gasteiger partial charge in [0.1, 0.15) is 0 Å². The number of amides is 2. The summed E-state index contributed by atoms with van der Waals surface area (Å²) < 4.78 is 38.3. The summed E-state index contributed by atoms with van der Waals surface area (Å²) in [6, 6.07) is 3.36. The molecule has 0 bridgehead atoms. The zero-order chi connectivity index (χ0) is 17.7. The maximum absolute atomic E-state index is 12.8. The van der Waals surface area contributed by atoms with Crippen LogP contribution in [0.4, 0.5) is 13.2 Å². The number of alkyl halides is 3. The van der Waals surface area contributed by atoms with Crippen LogP contribution in [0.3, 0.4) is 0 Å². The number of carbonyl (C=O) groups excluding carboxylic acids is 2. The van der Waals surface area contributed by atoms with Gasteiger partial charge in [0.25, 0.3) is 0 Å². The lowest BCUT2D eigenvalue weighted by Gasteiger charge is -2.14. The molecule has 1 aromatic carbocycles. The van der Waals surface area contributed by atoms with Crippen molar-refractivity contribution < 1.29 is 22.8 Å². The first-order valence-corrected chi connectivity index (χ1v) is 7.75. The van der Waals surface area contributed by atoms with Crippen molar-refractivity contribution in [3.05, 3.63) is 40.4 Å². The molecule has 0 atom stereocenters. The number of nitrogens with one attached hydrogen (secondary N) is 1. The fourth-order valence-corrected chi connectivity index (χ4v) is 2.56. The first-order valence-electron chi connectivity index (χ1n) is 7.38. The largest absolute Gasteiger partial charge is 0.417 e. The molecule has 1 aromatic rings. The molecule has 0 aliphatic carbocycles. The molecular formula is C16H16ClF3N2O2. The van der Waals surface area contributed by atoms with E-state index in [4.69, 9.17) is 11.6 Å². The number of carbonyl (C=O) groups is 2. The third kappa shape index (κ3) is 4.99. The van der Waals surface area contributed by atoms with E-state index in [2.05, 4.69) is 5.32 Å². The summed E-state index contributed by atoms with van der Waals surface area (Å²) in [5.74, 6) is -0.717. The SMILES string of the molecule is O=C(/C=C/c1ccc(Cl)c(C(F)(F)F)c1)NCC(=O)N1CCCC1. The van der Waals surface area contributed by atoms with Crippen molar-refractivity contribution in [3.8, 4) is 0 Å². The van der Waals surface area contributed by atoms with Gasteiger partial charge < -0.3 is 10.2 Å². The van der Waals surface area contributed by atoms with Crippen LogP contribution in [0, 0.1) is 0 Å². The number of rotatable bonds is 4. The Bertz CT molecular complexity index is 653. The molecule has 1 N–H and O–H groups in total. The smallest absolute Gasteiger partial charge is 0.343 e. The summed E-state index contributed by atoms with van der Waals surface area (Å²) in [6.07, 6.45) is -0.331. The molecule has 1 aliphatic heterocycles. The van der Waals surface area contributed by atoms with Crippen LogP contribution in [0.15, 0.2) is 24.3 Å². The summed E-state index contributed by atoms with van der Waals surface area (Å²) in [5, 5.41) is 2.02. The third-order valence-corrected chi connectivity index (χ3v) is 3.93. The number of halogens is 4. The third-order valence-electron chi connectivity index (χ3n) is 3.60. The summed E-state index contributed by atoms with van der Waals surface area (Å²) in [7, 11) is 0. The Labute approximate surface area is 142 Å². The molecule has 0 aromatic heterocycles. The number of likely N-dealkylation sites (tertiary alicyclic amines) is 1. The first-order chi connectivity index (χ1) is 11.3. The van der Waals surface area contributed by atoms with Crippen LogP contribution in [0.25, 0.3) is 6.08 Å². The quantitative estimate of drug-likeness (QED) is 0.839. The molecule has 130 valence electrons. The molecule has 1 saturated heterocycles. The summed E-state index contributed by atoms with van der Waals surface area (Å²) in [5.41, 5.74) is -0.774. The van der Waals surface area contributed by atoms with Crippen LogP contribution in [-0.4, -0.2) is 36.3 Å². The second-order valence-corrected chi connectivity index (χ2v) is 5.78. The minimum atomic E-state index is -4.56. The zero-order valence-corrected chi connectivity index (χ0v) is 13.5. The lowest BCUT2D eigenvalue weighted by Crippen LogP contribution is -2.38. The van der Waals surface area contributed by atoms with E-state index in [0.29, 0.717) is 13.1 Å². The van der Waals surface area contributed by atoms with Crippen molar-refractivity contribution in [2.24, 2.45) is 0 Å². The molecule has 1 aliphatic rings. The summed E-state index contributed by atoms with van der Waals surface area (Å²) in [4.78, 5) is 25.1. The van der Waals surface area contributed by atoms with Gasteiger partial charge in [-0.15, -0.1) is 0 Å². The maximum Gasteiger partial charge on any atom is 0.417 e. The standard InChI is InChI=1S/C16H16ClF3N2O2/c17-13-5-3-11(9-12(13)16(18,19)20)4-6-14(23)21-10-15(24)22-7-1-2-8-22/h3-6,9H,1-2,7-8,10H2,(H,21,23)/b6-4+. The highest BCUT2D eigenvalue weighted by molar-refractivity contribution is 6.31. The van der Waals surface area contributed by atoms with Gasteiger partial charge in [-0.1, -0.05) is 17.7 Å². The molecule has 24 heavy (non-hydrogen) atoms. The van der Waals surface area contributed by atoms with E-state index >= 15 is 0 Å². The van der Waals surface area contributed by atoms with Gasteiger partial charge in [0.05, 0.1) is 17.1 Å². The van der Waals surface area contributed by atoms with Gasteiger partial charge in [0, 0.05) is 19.2 Å². The highest BCUT2D eigenvalue weighted by Crippen LogP contribution is 2.35. The molecule has 0 unspecified atom stereocenters. The number of benzene rings is 1. The van der Waals surface area contributed by atoms with Gasteiger partial charge >= 0.3 is 6.18 Å². The van der Waals surface area contributed by atoms with E-state index in [-0.39, 0.29) is 18.0 Å². The minimum Gasteiger partial charge on any atom is -0.343 e. The second-order valence-electron chi connectivity index (χ2n) is 5.38. The fourth-order valence-electron chi connectivity index (χ4n) is 2.34. The van der Waals surface area contributed by atoms with E-state index in [1.165, 1.54) is 12.1 Å². The van der Waals surface area contributed by atoms with Gasteiger partial charge in [-0.05, 0) is 36.6 Å². The van der Waals surface area contributed by atoms with Crippen LogP contribution < -0.4 is 5.32 Å². The Hall–Kier alpha value is -2.02. The average Bonchev–Trinajstić information content (AvgIpc) is 3.05. The topological polar surface area (TPSA) is 49.4 Å². The zero-order valence-electron chi connectivity index (χ0n) is 12.7. The van der Waals surface area contributed by atoms with Crippen LogP contribution in [0.5, 0.6) is 0 Å². The van der Waals surface area contributed by atoms with Gasteiger partial charge in [-0.2, -0.15) is 13.2 Å². The lowest BCUT2D eigenvalue weighted by atomic mass is 10.1. The molecular weight excluding hydrogens is 345 g/mol. The molecule has 2 rings (SSSR count). The molecule has 0 saturated carbocycles. The highest BCUT2D eigenvalue weighted by atomic mass is 35.5. The molecule has 0 spiro atoms. The monoisotopic (exact) mass is 360 g/mol. The van der Waals surface area contributed by atoms with Gasteiger partial charge in [-0.3, -0.25) is 9.59 Å². The minimum absolute atomic E-state index is 0.127. The molecule has 8 heteroatoms. The molecule has 1 heterocycles. The highest BCUT2D eigenvalue weighted by Gasteiger charge is 2.33. The fraction of sp³-hybridized carbons (Fsp3) is 0.375. The van der Waals surface area contributed by atoms with Crippen molar-refractivity contribution in [1.29, 1.82) is 0 Å². The molecule has 0 radical (unpaired) electrons. The van der Waals surface area contributed by atoms with Crippen LogP contribution in [0.1, 0.15) is 24.0 Å². The van der Waals surface area contributed by atoms with Crippen LogP contribution >= 0.6 is 11.6 Å². The molecule has 1 fully saturated rings. The van der Waals surface area contributed by atoms with E-state index in [9.17, 15) is 22.8 Å². The molecule has 2 amide bonds. The van der Waals surface area contributed by atoms with Gasteiger partial charge in [0.2, 0.25) is 11.8 Å². The van der Waals surface area contributed by atoms with Crippen LogP contribution in [-0.2, 0) is 15.8 Å². The van der Waals surface area contributed by atoms with E-state index in [0.717, 1.165) is 31.1 Å². The van der Waals surface area contributed by atoms with Crippen molar-refractivity contribution in [2.45, 2.75) is 19.0 Å². The van der Waals surface area contributed by atoms with Gasteiger partial charge in [0.15, 0.2) is 0 Å². The van der Waals surface area contributed by atoms with E-state index in [1.54, 1.807) is 4.90 Å². The van der Waals surface area contributed by atoms with Crippen molar-refractivity contribution in [3.63, 3.8) is 0 Å². The lowest BCUT2D eigenvalue weighted by molar-refractivity contribution is -0.137. The van der Waals surface area contributed by atoms with Crippen molar-refractivity contribution in [1.82, 2.24) is 10.2 Å². The van der Waals surface area contributed by atoms with E-state index < -0.39 is 22.7 Å². The number of hydrogen-bond donors (Lipinski definition) is 1. The number of nitrogens with zero attached hydrogens (tertiary/aromatic N) is 1. The maximum atomic E-state index is 12.8. The van der Waals surface area contributed by atoms with Crippen molar-refractivity contribution in [2.75, 3.05) is 19.6 Å². The normalized spacial score (nSPS) is 15.1. The first kappa shape index (κ1) is 18.3. The second kappa shape index (κ2) is 7.70. The Kier molecular flexibility index (Phi) is 5.88. The Morgan fingerprint density at radius 1 is 1.25 bits per heavy atom. The number of hydrogen-bond acceptors (Lipinski definition) is 2. The Morgan fingerprint density at radius 3 is 2.54 bits per heavy atom. The Balaban J connectivity index is 1.92. The molecule has 4 nitrogen and oxygen atoms in total. The average molecular weight is 361 g/mol. The van der Waals surface area contributed by atoms with E-state index in [1.807, 2.05) is 0 Å². The Morgan fingerprint density at radius 2 is 1.92 bits per heavy atom. The summed E-state index contributed by atoms with van der Waals surface area (Å²) >= 11 is 5.52. The van der Waals surface area contributed by atoms with Gasteiger partial charge in [-0.25, -0.2) is 0 Å².